The van der Waals surface area contributed by atoms with Crippen LogP contribution in [0.5, 0.6) is 0 Å². The summed E-state index contributed by atoms with van der Waals surface area (Å²) in [6, 6.07) is 16.3. The lowest BCUT2D eigenvalue weighted by molar-refractivity contribution is -0.124. The summed E-state index contributed by atoms with van der Waals surface area (Å²) in [5.74, 6) is -0.460. The van der Waals surface area contributed by atoms with Crippen molar-refractivity contribution in [2.24, 2.45) is 5.73 Å². The number of likely N-dealkylation sites (tertiary alicyclic amines) is 1. The predicted molar refractivity (Wildman–Crippen MR) is 100 cm³/mol. The molecule has 2 aliphatic rings. The van der Waals surface area contributed by atoms with E-state index in [9.17, 15) is 13.2 Å². The molecule has 1 amide bonds. The molecule has 0 radical (unpaired) electrons. The second-order valence-corrected chi connectivity index (χ2v) is 8.92. The van der Waals surface area contributed by atoms with Gasteiger partial charge in [-0.15, -0.1) is 0 Å². The van der Waals surface area contributed by atoms with Crippen molar-refractivity contribution in [3.8, 4) is 0 Å². The van der Waals surface area contributed by atoms with E-state index in [0.717, 1.165) is 23.2 Å². The normalized spacial score (nSPS) is 19.0. The van der Waals surface area contributed by atoms with Crippen LogP contribution in [0.4, 0.5) is 5.69 Å². The van der Waals surface area contributed by atoms with Gasteiger partial charge >= 0.3 is 0 Å². The number of carbonyl (C=O) groups is 1. The summed E-state index contributed by atoms with van der Waals surface area (Å²) in [7, 11) is -3.45. The molecule has 6 nitrogen and oxygen atoms in total. The van der Waals surface area contributed by atoms with Gasteiger partial charge in [0.15, 0.2) is 0 Å². The molecule has 1 atom stereocenters. The van der Waals surface area contributed by atoms with Gasteiger partial charge in [0.2, 0.25) is 15.9 Å². The minimum Gasteiger partial charge on any atom is -0.368 e. The summed E-state index contributed by atoms with van der Waals surface area (Å²) in [6.07, 6.45) is 0.736. The monoisotopic (exact) mass is 371 g/mol. The molecule has 4 rings (SSSR count). The average molecular weight is 371 g/mol. The molecule has 0 aliphatic carbocycles. The van der Waals surface area contributed by atoms with Crippen LogP contribution in [0.3, 0.4) is 0 Å². The number of carbonyl (C=O) groups excluding carboxylic acids is 1. The van der Waals surface area contributed by atoms with Gasteiger partial charge in [0.05, 0.1) is 5.69 Å². The number of hydrogen-bond acceptors (Lipinski definition) is 4. The van der Waals surface area contributed by atoms with E-state index in [2.05, 4.69) is 0 Å². The van der Waals surface area contributed by atoms with Crippen LogP contribution in [0.15, 0.2) is 54.6 Å². The van der Waals surface area contributed by atoms with Gasteiger partial charge in [0.1, 0.15) is 11.3 Å². The molecular formula is C19H21N3O3S. The molecule has 0 saturated carbocycles. The van der Waals surface area contributed by atoms with Gasteiger partial charge in [0, 0.05) is 19.6 Å². The molecule has 136 valence electrons. The van der Waals surface area contributed by atoms with Crippen molar-refractivity contribution in [1.29, 1.82) is 0 Å². The number of anilines is 1. The maximum Gasteiger partial charge on any atom is 0.240 e. The van der Waals surface area contributed by atoms with Crippen LogP contribution in [-0.4, -0.2) is 44.1 Å². The zero-order valence-electron chi connectivity index (χ0n) is 14.3. The van der Waals surface area contributed by atoms with Crippen LogP contribution >= 0.6 is 0 Å². The third kappa shape index (κ3) is 2.77. The van der Waals surface area contributed by atoms with Gasteiger partial charge < -0.3 is 5.73 Å². The third-order valence-corrected chi connectivity index (χ3v) is 7.33. The molecule has 1 saturated heterocycles. The number of amides is 1. The predicted octanol–water partition coefficient (Wildman–Crippen LogP) is 1.29. The van der Waals surface area contributed by atoms with Crippen molar-refractivity contribution in [1.82, 2.24) is 4.90 Å². The van der Waals surface area contributed by atoms with E-state index in [0.29, 0.717) is 19.6 Å². The Labute approximate surface area is 153 Å². The smallest absolute Gasteiger partial charge is 0.240 e. The van der Waals surface area contributed by atoms with Crippen LogP contribution < -0.4 is 10.0 Å². The standard InChI is InChI=1S/C19H21N3O3S/c20-19(23)18(15-7-2-1-3-8-15)21-12-16(13-21)26(24,25)22-11-10-14-6-4-5-9-17(14)22/h1-9,16,18H,10-13H2,(H2,20,23)/t18-/m1/s1. The molecule has 2 aliphatic heterocycles. The van der Waals surface area contributed by atoms with Crippen LogP contribution in [0.2, 0.25) is 0 Å². The number of rotatable bonds is 5. The lowest BCUT2D eigenvalue weighted by Crippen LogP contribution is -2.60. The molecule has 2 N–H and O–H groups in total. The second kappa shape index (κ2) is 6.41. The van der Waals surface area contributed by atoms with Gasteiger partial charge in [-0.2, -0.15) is 0 Å². The van der Waals surface area contributed by atoms with E-state index >= 15 is 0 Å². The van der Waals surface area contributed by atoms with Crippen molar-refractivity contribution >= 4 is 21.6 Å². The minimum atomic E-state index is -3.45. The van der Waals surface area contributed by atoms with E-state index < -0.39 is 27.2 Å². The quantitative estimate of drug-likeness (QED) is 0.858. The molecular weight excluding hydrogens is 350 g/mol. The number of nitrogens with zero attached hydrogens (tertiary/aromatic N) is 2. The fourth-order valence-corrected chi connectivity index (χ4v) is 5.73. The number of nitrogens with two attached hydrogens (primary N) is 1. The Morgan fingerprint density at radius 2 is 1.69 bits per heavy atom. The molecule has 2 aromatic carbocycles. The first kappa shape index (κ1) is 17.1. The van der Waals surface area contributed by atoms with Gasteiger partial charge in [-0.3, -0.25) is 14.0 Å². The molecule has 0 aromatic heterocycles. The highest BCUT2D eigenvalue weighted by molar-refractivity contribution is 7.93. The number of benzene rings is 2. The summed E-state index contributed by atoms with van der Waals surface area (Å²) >= 11 is 0. The maximum absolute atomic E-state index is 13.0. The fraction of sp³-hybridized carbons (Fsp3) is 0.316. The molecule has 26 heavy (non-hydrogen) atoms. The topological polar surface area (TPSA) is 83.7 Å². The number of sulfonamides is 1. The molecule has 7 heteroatoms. The van der Waals surface area contributed by atoms with Crippen LogP contribution in [0, 0.1) is 0 Å². The van der Waals surface area contributed by atoms with Crippen molar-refractivity contribution < 1.29 is 13.2 Å². The Hall–Kier alpha value is -2.38. The molecule has 2 heterocycles. The van der Waals surface area contributed by atoms with Crippen LogP contribution in [0.25, 0.3) is 0 Å². The Morgan fingerprint density at radius 1 is 1.04 bits per heavy atom. The number of para-hydroxylation sites is 1. The summed E-state index contributed by atoms with van der Waals surface area (Å²) in [5.41, 5.74) is 8.21. The second-order valence-electron chi connectivity index (χ2n) is 6.79. The number of primary amides is 1. The summed E-state index contributed by atoms with van der Waals surface area (Å²) in [4.78, 5) is 13.8. The Bertz CT molecular complexity index is 924. The van der Waals surface area contributed by atoms with Crippen LogP contribution in [0.1, 0.15) is 17.2 Å². The lowest BCUT2D eigenvalue weighted by Gasteiger charge is -2.44. The highest BCUT2D eigenvalue weighted by Gasteiger charge is 2.46. The molecule has 0 unspecified atom stereocenters. The van der Waals surface area contributed by atoms with Crippen molar-refractivity contribution in [3.63, 3.8) is 0 Å². The largest absolute Gasteiger partial charge is 0.368 e. The molecule has 1 fully saturated rings. The Morgan fingerprint density at radius 3 is 2.38 bits per heavy atom. The van der Waals surface area contributed by atoms with Gasteiger partial charge in [-0.1, -0.05) is 48.5 Å². The van der Waals surface area contributed by atoms with E-state index in [-0.39, 0.29) is 0 Å². The fourth-order valence-electron chi connectivity index (χ4n) is 3.81. The van der Waals surface area contributed by atoms with Crippen LogP contribution in [-0.2, 0) is 21.2 Å². The Kier molecular flexibility index (Phi) is 4.20. The van der Waals surface area contributed by atoms with Crippen molar-refractivity contribution in [3.05, 3.63) is 65.7 Å². The zero-order valence-corrected chi connectivity index (χ0v) is 15.1. The van der Waals surface area contributed by atoms with Crippen molar-refractivity contribution in [2.45, 2.75) is 17.7 Å². The number of hydrogen-bond donors (Lipinski definition) is 1. The first-order valence-electron chi connectivity index (χ1n) is 8.66. The van der Waals surface area contributed by atoms with E-state index in [1.807, 2.05) is 59.5 Å². The first-order valence-corrected chi connectivity index (χ1v) is 10.2. The molecule has 0 spiro atoms. The van der Waals surface area contributed by atoms with E-state index in [4.69, 9.17) is 5.73 Å². The summed E-state index contributed by atoms with van der Waals surface area (Å²) in [5, 5.41) is -0.515. The lowest BCUT2D eigenvalue weighted by atomic mass is 10.0. The SMILES string of the molecule is NC(=O)[C@@H](c1ccccc1)N1CC(S(=O)(=O)N2CCc3ccccc32)C1. The average Bonchev–Trinajstić information content (AvgIpc) is 3.02. The maximum atomic E-state index is 13.0. The zero-order chi connectivity index (χ0) is 18.3. The highest BCUT2D eigenvalue weighted by atomic mass is 32.2. The summed E-state index contributed by atoms with van der Waals surface area (Å²) < 4.78 is 27.6. The van der Waals surface area contributed by atoms with Gasteiger partial charge in [-0.05, 0) is 23.6 Å². The minimum absolute atomic E-state index is 0.309. The van der Waals surface area contributed by atoms with Crippen molar-refractivity contribution in [2.75, 3.05) is 23.9 Å². The highest BCUT2D eigenvalue weighted by Crippen LogP contribution is 2.35. The summed E-state index contributed by atoms with van der Waals surface area (Å²) in [6.45, 7) is 1.10. The number of fused-ring (bicyclic) bond motifs is 1. The van der Waals surface area contributed by atoms with Gasteiger partial charge in [-0.25, -0.2) is 8.42 Å². The van der Waals surface area contributed by atoms with E-state index in [1.54, 1.807) is 0 Å². The van der Waals surface area contributed by atoms with Gasteiger partial charge in [0.25, 0.3) is 0 Å². The molecule has 0 bridgehead atoms. The van der Waals surface area contributed by atoms with E-state index in [1.165, 1.54) is 4.31 Å². The Balaban J connectivity index is 1.51. The first-order chi connectivity index (χ1) is 12.5. The molecule has 2 aromatic rings. The third-order valence-electron chi connectivity index (χ3n) is 5.20.